The van der Waals surface area contributed by atoms with Gasteiger partial charge in [-0.05, 0) is 91.2 Å². The van der Waals surface area contributed by atoms with Crippen LogP contribution in [0.25, 0.3) is 66.4 Å². The fraction of sp³-hybridized carbons (Fsp3) is 0.115. The zero-order valence-corrected chi connectivity index (χ0v) is 35.3. The summed E-state index contributed by atoms with van der Waals surface area (Å²) in [5, 5.41) is 2.27. The van der Waals surface area contributed by atoms with Crippen LogP contribution in [0.15, 0.2) is 211 Å². The molecule has 2 aliphatic carbocycles. The molecule has 9 aromatic carbocycles. The molecule has 0 radical (unpaired) electrons. The summed E-state index contributed by atoms with van der Waals surface area (Å²) >= 11 is 0. The third kappa shape index (κ3) is 5.47. The van der Waals surface area contributed by atoms with Gasteiger partial charge in [0, 0.05) is 38.6 Å². The van der Waals surface area contributed by atoms with Crippen LogP contribution >= 0.6 is 0 Å². The Kier molecular flexibility index (Phi) is 8.22. The van der Waals surface area contributed by atoms with Gasteiger partial charge in [0.1, 0.15) is 11.2 Å². The summed E-state index contributed by atoms with van der Waals surface area (Å²) in [6.45, 7) is 7.11. The molecule has 1 heterocycles. The second-order valence-electron chi connectivity index (χ2n) is 18.1. The van der Waals surface area contributed by atoms with Gasteiger partial charge in [-0.15, -0.1) is 0 Å². The molecular formula is C61H46O. The highest BCUT2D eigenvalue weighted by Crippen LogP contribution is 2.53. The standard InChI is InChI=1S/C61H46O/c1-60(2)54-24-10-7-17-47(54)50-36-33-43(38-57(50)60)53(40-15-5-4-6-16-40)37-39-27-29-41(30-28-39)45-20-13-22-51-52-23-14-21-46(59(52)62-58(45)51)42-31-34-44(35-32-42)61(3)55-25-11-8-18-48(55)49-19-9-12-26-56(49)61/h4-36,38,53H,37H2,1-3H3. The highest BCUT2D eigenvalue weighted by Gasteiger charge is 2.40. The molecule has 0 saturated carbocycles. The molecular weight excluding hydrogens is 749 g/mol. The molecule has 1 atom stereocenters. The lowest BCUT2D eigenvalue weighted by Gasteiger charge is -2.28. The van der Waals surface area contributed by atoms with Gasteiger partial charge in [0.2, 0.25) is 0 Å². The fourth-order valence-corrected chi connectivity index (χ4v) is 11.1. The van der Waals surface area contributed by atoms with Crippen LogP contribution in [-0.4, -0.2) is 0 Å². The average molecular weight is 795 g/mol. The average Bonchev–Trinajstić information content (AvgIpc) is 3.92. The maximum Gasteiger partial charge on any atom is 0.143 e. The minimum absolute atomic E-state index is 0.0392. The third-order valence-corrected chi connectivity index (χ3v) is 14.4. The van der Waals surface area contributed by atoms with Crippen molar-refractivity contribution in [3.8, 4) is 44.5 Å². The Labute approximate surface area is 364 Å². The molecule has 1 aromatic heterocycles. The van der Waals surface area contributed by atoms with E-state index in [1.165, 1.54) is 66.8 Å². The predicted octanol–water partition coefficient (Wildman–Crippen LogP) is 15.9. The van der Waals surface area contributed by atoms with Crippen LogP contribution in [0.3, 0.4) is 0 Å². The third-order valence-electron chi connectivity index (χ3n) is 14.4. The first-order valence-electron chi connectivity index (χ1n) is 22.0. The molecule has 12 rings (SSSR count). The van der Waals surface area contributed by atoms with Crippen molar-refractivity contribution in [1.82, 2.24) is 0 Å². The van der Waals surface area contributed by atoms with Crippen molar-refractivity contribution in [1.29, 1.82) is 0 Å². The maximum absolute atomic E-state index is 6.95. The Morgan fingerprint density at radius 2 is 0.871 bits per heavy atom. The number of para-hydroxylation sites is 2. The van der Waals surface area contributed by atoms with Crippen molar-refractivity contribution in [2.45, 2.75) is 43.9 Å². The quantitative estimate of drug-likeness (QED) is 0.157. The van der Waals surface area contributed by atoms with Gasteiger partial charge in [0.05, 0.1) is 0 Å². The SMILES string of the molecule is CC1(C)c2ccccc2-c2ccc(C(Cc3ccc(-c4cccc5c4oc4c(-c6ccc(C7(C)c8ccccc8-c8ccccc87)cc6)cccc45)cc3)c3ccccc3)cc21. The summed E-state index contributed by atoms with van der Waals surface area (Å²) in [4.78, 5) is 0. The van der Waals surface area contributed by atoms with Crippen LogP contribution in [0.2, 0.25) is 0 Å². The molecule has 1 nitrogen and oxygen atoms in total. The van der Waals surface area contributed by atoms with E-state index in [4.69, 9.17) is 4.42 Å². The molecule has 0 amide bonds. The van der Waals surface area contributed by atoms with Crippen LogP contribution in [0, 0.1) is 0 Å². The predicted molar refractivity (Wildman–Crippen MR) is 258 cm³/mol. The Morgan fingerprint density at radius 3 is 1.47 bits per heavy atom. The minimum Gasteiger partial charge on any atom is -0.455 e. The number of rotatable bonds is 7. The van der Waals surface area contributed by atoms with Gasteiger partial charge in [-0.25, -0.2) is 0 Å². The zero-order chi connectivity index (χ0) is 41.6. The summed E-state index contributed by atoms with van der Waals surface area (Å²) in [6.07, 6.45) is 0.908. The van der Waals surface area contributed by atoms with Crippen LogP contribution in [0.4, 0.5) is 0 Å². The van der Waals surface area contributed by atoms with Gasteiger partial charge in [-0.3, -0.25) is 0 Å². The molecule has 62 heavy (non-hydrogen) atoms. The number of benzene rings is 9. The van der Waals surface area contributed by atoms with Crippen molar-refractivity contribution < 1.29 is 4.42 Å². The van der Waals surface area contributed by atoms with Crippen molar-refractivity contribution in [3.05, 3.63) is 251 Å². The van der Waals surface area contributed by atoms with E-state index in [0.29, 0.717) is 0 Å². The largest absolute Gasteiger partial charge is 0.455 e. The highest BCUT2D eigenvalue weighted by molar-refractivity contribution is 6.13. The van der Waals surface area contributed by atoms with Gasteiger partial charge in [0.25, 0.3) is 0 Å². The molecule has 1 heteroatoms. The normalized spacial score (nSPS) is 14.6. The Bertz CT molecular complexity index is 3300. The van der Waals surface area contributed by atoms with Crippen molar-refractivity contribution in [2.24, 2.45) is 0 Å². The van der Waals surface area contributed by atoms with Crippen molar-refractivity contribution >= 4 is 21.9 Å². The van der Waals surface area contributed by atoms with E-state index < -0.39 is 0 Å². The summed E-state index contributed by atoms with van der Waals surface area (Å²) in [5.74, 6) is 0.228. The summed E-state index contributed by atoms with van der Waals surface area (Å²) in [6, 6.07) is 76.4. The van der Waals surface area contributed by atoms with E-state index in [2.05, 4.69) is 227 Å². The lowest BCUT2D eigenvalue weighted by Crippen LogP contribution is -2.22. The van der Waals surface area contributed by atoms with E-state index in [-0.39, 0.29) is 16.7 Å². The first kappa shape index (κ1) is 36.6. The molecule has 296 valence electrons. The van der Waals surface area contributed by atoms with Crippen LogP contribution in [0.5, 0.6) is 0 Å². The number of furan rings is 1. The number of hydrogen-bond donors (Lipinski definition) is 0. The van der Waals surface area contributed by atoms with E-state index in [1.807, 2.05) is 0 Å². The van der Waals surface area contributed by atoms with E-state index in [1.54, 1.807) is 0 Å². The summed E-state index contributed by atoms with van der Waals surface area (Å²) in [5.41, 5.74) is 22.3. The second-order valence-corrected chi connectivity index (χ2v) is 18.1. The van der Waals surface area contributed by atoms with Gasteiger partial charge in [-0.1, -0.05) is 220 Å². The zero-order valence-electron chi connectivity index (χ0n) is 35.3. The van der Waals surface area contributed by atoms with Crippen LogP contribution < -0.4 is 0 Å². The molecule has 0 bridgehead atoms. The molecule has 10 aromatic rings. The highest BCUT2D eigenvalue weighted by atomic mass is 16.3. The fourth-order valence-electron chi connectivity index (χ4n) is 11.1. The molecule has 0 saturated heterocycles. The van der Waals surface area contributed by atoms with E-state index >= 15 is 0 Å². The lowest BCUT2D eigenvalue weighted by atomic mass is 9.74. The van der Waals surface area contributed by atoms with E-state index in [0.717, 1.165) is 50.6 Å². The van der Waals surface area contributed by atoms with Crippen molar-refractivity contribution in [3.63, 3.8) is 0 Å². The van der Waals surface area contributed by atoms with Crippen LogP contribution in [-0.2, 0) is 17.3 Å². The van der Waals surface area contributed by atoms with E-state index in [9.17, 15) is 0 Å². The molecule has 0 spiro atoms. The van der Waals surface area contributed by atoms with Gasteiger partial charge in [-0.2, -0.15) is 0 Å². The second kappa shape index (κ2) is 13.9. The topological polar surface area (TPSA) is 13.1 Å². The maximum atomic E-state index is 6.95. The smallest absolute Gasteiger partial charge is 0.143 e. The summed E-state index contributed by atoms with van der Waals surface area (Å²) < 4.78 is 6.95. The lowest BCUT2D eigenvalue weighted by molar-refractivity contribution is 0.657. The van der Waals surface area contributed by atoms with Crippen molar-refractivity contribution in [2.75, 3.05) is 0 Å². The Hall–Kier alpha value is -7.22. The first-order chi connectivity index (χ1) is 30.4. The number of hydrogen-bond acceptors (Lipinski definition) is 1. The Morgan fingerprint density at radius 1 is 0.387 bits per heavy atom. The molecule has 0 aliphatic heterocycles. The molecule has 1 unspecified atom stereocenters. The van der Waals surface area contributed by atoms with Gasteiger partial charge < -0.3 is 4.42 Å². The first-order valence-corrected chi connectivity index (χ1v) is 22.0. The summed E-state index contributed by atoms with van der Waals surface area (Å²) in [7, 11) is 0. The number of fused-ring (bicyclic) bond motifs is 9. The molecule has 0 fully saturated rings. The Balaban J connectivity index is 0.871. The van der Waals surface area contributed by atoms with Crippen LogP contribution in [0.1, 0.15) is 71.2 Å². The molecule has 2 aliphatic rings. The minimum atomic E-state index is -0.226. The van der Waals surface area contributed by atoms with Gasteiger partial charge >= 0.3 is 0 Å². The van der Waals surface area contributed by atoms with Gasteiger partial charge in [0.15, 0.2) is 0 Å². The molecule has 0 N–H and O–H groups in total. The monoisotopic (exact) mass is 794 g/mol.